The van der Waals surface area contributed by atoms with Gasteiger partial charge in [-0.1, -0.05) is 123 Å². The predicted octanol–water partition coefficient (Wildman–Crippen LogP) is 18.6. The van der Waals surface area contributed by atoms with Gasteiger partial charge in [-0.15, -0.1) is 0 Å². The van der Waals surface area contributed by atoms with Crippen LogP contribution in [0.5, 0.6) is 28.7 Å². The number of halogens is 7. The number of ether oxygens (including phenoxy) is 4. The minimum atomic E-state index is -0.879. The summed E-state index contributed by atoms with van der Waals surface area (Å²) < 4.78 is 26.0. The lowest BCUT2D eigenvalue weighted by molar-refractivity contribution is -0.141. The predicted molar refractivity (Wildman–Crippen MR) is 368 cm³/mol. The highest BCUT2D eigenvalue weighted by Gasteiger charge is 2.35. The van der Waals surface area contributed by atoms with Gasteiger partial charge in [0.05, 0.1) is 67.4 Å². The van der Waals surface area contributed by atoms with Crippen molar-refractivity contribution in [1.29, 1.82) is 0 Å². The van der Waals surface area contributed by atoms with Crippen LogP contribution in [0.15, 0.2) is 99.9 Å². The summed E-state index contributed by atoms with van der Waals surface area (Å²) in [5, 5.41) is 35.6. The molecule has 0 radical (unpaired) electrons. The van der Waals surface area contributed by atoms with E-state index in [1.807, 2.05) is 66.7 Å². The Bertz CT molecular complexity index is 3070. The number of nitrogens with zero attached hydrogens (tertiary/aromatic N) is 3. The lowest BCUT2D eigenvalue weighted by Crippen LogP contribution is -2.48. The molecule has 1 amide bonds. The van der Waals surface area contributed by atoms with Gasteiger partial charge in [-0.05, 0) is 207 Å². The topological polar surface area (TPSA) is 153 Å². The van der Waals surface area contributed by atoms with E-state index in [1.54, 1.807) is 24.3 Å². The van der Waals surface area contributed by atoms with Crippen LogP contribution in [-0.2, 0) is 9.59 Å². The number of aliphatic hydroxyl groups is 1. The molecule has 3 heterocycles. The summed E-state index contributed by atoms with van der Waals surface area (Å²) in [5.74, 6) is 1.83. The second kappa shape index (κ2) is 35.3. The van der Waals surface area contributed by atoms with Gasteiger partial charge >= 0.3 is 5.97 Å². The number of phenols is 1. The van der Waals surface area contributed by atoms with E-state index in [0.29, 0.717) is 68.6 Å². The lowest BCUT2D eigenvalue weighted by Gasteiger charge is -2.30. The fourth-order valence-electron chi connectivity index (χ4n) is 12.3. The van der Waals surface area contributed by atoms with E-state index in [1.165, 1.54) is 57.8 Å². The number of aromatic hydroxyl groups is 1. The van der Waals surface area contributed by atoms with Crippen LogP contribution in [0, 0.1) is 11.8 Å². The minimum Gasteiger partial charge on any atom is -0.506 e. The molecule has 7 fully saturated rings. The Labute approximate surface area is 568 Å². The average molecular weight is 1450 g/mol. The average Bonchev–Trinajstić information content (AvgIpc) is 3.30. The largest absolute Gasteiger partial charge is 0.506 e. The maximum atomic E-state index is 13.6. The number of aliphatic hydroxyl groups excluding tert-OH is 1. The molecular weight excluding hydrogens is 1370 g/mol. The third-order valence-electron chi connectivity index (χ3n) is 17.5. The van der Waals surface area contributed by atoms with Gasteiger partial charge in [0.1, 0.15) is 34.9 Å². The van der Waals surface area contributed by atoms with Gasteiger partial charge in [-0.2, -0.15) is 0 Å². The monoisotopic (exact) mass is 1450 g/mol. The van der Waals surface area contributed by atoms with Crippen molar-refractivity contribution in [2.45, 2.75) is 179 Å². The van der Waals surface area contributed by atoms with Crippen molar-refractivity contribution in [1.82, 2.24) is 10.2 Å². The zero-order chi connectivity index (χ0) is 62.1. The third-order valence-corrected chi connectivity index (χ3v) is 20.0. The van der Waals surface area contributed by atoms with Crippen LogP contribution >= 0.6 is 89.9 Å². The molecule has 4 saturated carbocycles. The molecule has 12 rings (SSSR count). The van der Waals surface area contributed by atoms with Crippen molar-refractivity contribution in [3.8, 4) is 28.7 Å². The molecule has 5 aromatic carbocycles. The molecule has 3 saturated heterocycles. The molecule has 20 heteroatoms. The van der Waals surface area contributed by atoms with Crippen LogP contribution in [0.1, 0.15) is 154 Å². The highest BCUT2D eigenvalue weighted by atomic mass is 79.9. The molecule has 3 aliphatic heterocycles. The summed E-state index contributed by atoms with van der Waals surface area (Å²) in [5.41, 5.74) is 2.71. The first-order valence-electron chi connectivity index (χ1n) is 31.6. The normalized spacial score (nSPS) is 20.5. The molecular formula is C69H87Br2Cl5N4O9. The number of carboxylic acid groups (broad SMARTS) is 1. The summed E-state index contributed by atoms with van der Waals surface area (Å²) in [4.78, 5) is 31.4. The minimum absolute atomic E-state index is 0. The second-order valence-corrected chi connectivity index (χ2v) is 28.2. The Morgan fingerprint density at radius 1 is 0.494 bits per heavy atom. The van der Waals surface area contributed by atoms with E-state index >= 15 is 0 Å². The van der Waals surface area contributed by atoms with Gasteiger partial charge in [0.25, 0.3) is 0 Å². The summed E-state index contributed by atoms with van der Waals surface area (Å²) in [7, 11) is 0. The molecule has 0 aromatic heterocycles. The van der Waals surface area contributed by atoms with E-state index in [2.05, 4.69) is 51.9 Å². The Hall–Kier alpha value is -4.03. The molecule has 13 nitrogen and oxygen atoms in total. The fraction of sp³-hybridized carbons (Fsp3) is 0.536. The number of nitrogens with one attached hydrogen (secondary N) is 1. The first-order chi connectivity index (χ1) is 42.5. The van der Waals surface area contributed by atoms with E-state index in [-0.39, 0.29) is 49.2 Å². The third kappa shape index (κ3) is 21.8. The van der Waals surface area contributed by atoms with Crippen LogP contribution in [0.25, 0.3) is 0 Å². The van der Waals surface area contributed by atoms with Crippen molar-refractivity contribution in [3.05, 3.63) is 131 Å². The van der Waals surface area contributed by atoms with E-state index < -0.39 is 18.1 Å². The lowest BCUT2D eigenvalue weighted by atomic mass is 9.98. The molecule has 4 N–H and O–H groups in total. The van der Waals surface area contributed by atoms with Crippen LogP contribution < -0.4 is 34.1 Å². The van der Waals surface area contributed by atoms with Crippen molar-refractivity contribution >= 4 is 113 Å². The highest BCUT2D eigenvalue weighted by molar-refractivity contribution is 9.10. The number of hydrogen-bond donors (Lipinski definition) is 4. The van der Waals surface area contributed by atoms with Crippen LogP contribution in [0.4, 0.5) is 11.4 Å². The molecule has 0 spiro atoms. The van der Waals surface area contributed by atoms with Gasteiger partial charge < -0.3 is 54.3 Å². The zero-order valence-corrected chi connectivity index (χ0v) is 56.8. The van der Waals surface area contributed by atoms with Crippen molar-refractivity contribution in [2.75, 3.05) is 55.6 Å². The SMILES string of the molecule is C.Clc1ccc(Br)cc1OC1CCCCC1.O=C(N[C@H](CN1CCCC1)[C@H](O)c1ccc(OC2CC2)c(Cl)c1)[C@@H]1CCN(c2ccc(Cl)c(OC3CCCCC3)c2)C1.O=C(O)[C@@H]1CCN(c2ccc(Cl)c(OC3CCCCC3)c2)C1.Oc1cc(Br)ccc1Cl. The molecule has 89 heavy (non-hydrogen) atoms. The van der Waals surface area contributed by atoms with Crippen molar-refractivity contribution < 1.29 is 43.9 Å². The summed E-state index contributed by atoms with van der Waals surface area (Å²) in [6, 6.07) is 27.4. The van der Waals surface area contributed by atoms with Gasteiger partial charge in [-0.25, -0.2) is 0 Å². The van der Waals surface area contributed by atoms with Gasteiger partial charge in [0.2, 0.25) is 5.91 Å². The number of aliphatic carboxylic acids is 1. The van der Waals surface area contributed by atoms with E-state index in [0.717, 1.165) is 134 Å². The van der Waals surface area contributed by atoms with Gasteiger partial charge in [-0.3, -0.25) is 9.59 Å². The standard InChI is InChI=1S/C33H43Cl2N3O4.C17H22ClNO3.C12H14BrClO.C6H4BrClO.CH4/c34-27-12-9-24(19-31(27)42-25-6-2-1-3-7-25)38-17-14-23(20-38)33(40)36-29(21-37-15-4-5-16-37)32(39)22-8-13-30(28(35)18-22)41-26-10-11-26;18-15-7-6-13(19-9-8-12(11-19)17(20)21)10-16(15)22-14-4-2-1-3-5-14;13-9-6-7-11(14)12(8-9)15-10-4-2-1-3-5-10;7-4-1-2-5(8)6(9)3-4;/h8-9,12-13,18-19,23,25-26,29,32,39H,1-7,10-11,14-17,20-21H2,(H,36,40);6-7,10,12,14H,1-5,8-9,11H2,(H,20,21);6-8,10H,1-5H2;1-3,9H;1H4/t23-,29-,32-;12-;;;/m11.../s1. The number of rotatable bonds is 17. The summed E-state index contributed by atoms with van der Waals surface area (Å²) in [6.45, 7) is 5.27. The number of amides is 1. The number of anilines is 2. The molecule has 4 aliphatic carbocycles. The van der Waals surface area contributed by atoms with Crippen LogP contribution in [0.3, 0.4) is 0 Å². The van der Waals surface area contributed by atoms with Crippen LogP contribution in [-0.4, -0.2) is 108 Å². The molecule has 486 valence electrons. The smallest absolute Gasteiger partial charge is 0.308 e. The molecule has 0 bridgehead atoms. The number of phenolic OH excluding ortho intramolecular Hbond substituents is 1. The Morgan fingerprint density at radius 2 is 0.933 bits per heavy atom. The number of likely N-dealkylation sites (tertiary alicyclic amines) is 1. The summed E-state index contributed by atoms with van der Waals surface area (Å²) in [6.07, 6.45) is 23.9. The van der Waals surface area contributed by atoms with E-state index in [4.69, 9.17) is 87.2 Å². The number of carbonyl (C=O) groups is 2. The second-order valence-electron chi connectivity index (χ2n) is 24.3. The quantitative estimate of drug-likeness (QED) is 0.0701. The number of hydrogen-bond acceptors (Lipinski definition) is 11. The Kier molecular flexibility index (Phi) is 28.1. The maximum Gasteiger partial charge on any atom is 0.308 e. The molecule has 4 atom stereocenters. The number of carboxylic acids is 1. The number of benzene rings is 5. The maximum absolute atomic E-state index is 13.6. The van der Waals surface area contributed by atoms with E-state index in [9.17, 15) is 14.7 Å². The molecule has 7 aliphatic rings. The first-order valence-corrected chi connectivity index (χ1v) is 35.1. The fourth-order valence-corrected chi connectivity index (χ4v) is 13.8. The van der Waals surface area contributed by atoms with Crippen molar-refractivity contribution in [2.24, 2.45) is 11.8 Å². The highest BCUT2D eigenvalue weighted by Crippen LogP contribution is 2.39. The Morgan fingerprint density at radius 3 is 1.39 bits per heavy atom. The number of carbonyl (C=O) groups excluding carboxylic acids is 1. The van der Waals surface area contributed by atoms with Gasteiger partial charge in [0, 0.05) is 65.2 Å². The van der Waals surface area contributed by atoms with Crippen molar-refractivity contribution in [3.63, 3.8) is 0 Å². The zero-order valence-electron chi connectivity index (χ0n) is 49.9. The molecule has 5 aromatic rings. The van der Waals surface area contributed by atoms with Crippen LogP contribution in [0.2, 0.25) is 25.1 Å². The molecule has 0 unspecified atom stereocenters. The Balaban J connectivity index is 0.000000180. The summed E-state index contributed by atoms with van der Waals surface area (Å²) >= 11 is 37.5. The first kappa shape index (κ1) is 70.8. The van der Waals surface area contributed by atoms with Gasteiger partial charge in [0.15, 0.2) is 0 Å².